The normalized spacial score (nSPS) is 10.4. The lowest BCUT2D eigenvalue weighted by Gasteiger charge is -2.06. The van der Waals surface area contributed by atoms with Crippen molar-refractivity contribution in [1.82, 2.24) is 25.6 Å². The fourth-order valence-corrected chi connectivity index (χ4v) is 2.18. The summed E-state index contributed by atoms with van der Waals surface area (Å²) in [7, 11) is 0. The Morgan fingerprint density at radius 1 is 1.00 bits per heavy atom. The number of rotatable bonds is 5. The first-order valence-electron chi connectivity index (χ1n) is 7.74. The number of hydrogen-bond donors (Lipinski definition) is 2. The van der Waals surface area contributed by atoms with E-state index in [1.165, 1.54) is 5.56 Å². The van der Waals surface area contributed by atoms with Gasteiger partial charge in [0.15, 0.2) is 0 Å². The summed E-state index contributed by atoms with van der Waals surface area (Å²) in [5.74, 6) is 0. The standard InChI is InChI=1S/C18H19N5O/c1-14-7-9-15(10-8-14)11-19-18(24)20-12-16-13-21-23(22-16)17-5-3-2-4-6-17/h2-10,13H,11-12H2,1H3,(H2,19,20,24). The number of carbonyl (C=O) groups excluding carboxylic acids is 1. The summed E-state index contributed by atoms with van der Waals surface area (Å²) in [6.45, 7) is 2.85. The van der Waals surface area contributed by atoms with Crippen LogP contribution in [0.1, 0.15) is 16.8 Å². The number of benzene rings is 2. The molecule has 0 fully saturated rings. The molecule has 0 atom stereocenters. The third-order valence-electron chi connectivity index (χ3n) is 3.53. The first kappa shape index (κ1) is 15.7. The summed E-state index contributed by atoms with van der Waals surface area (Å²) >= 11 is 0. The molecule has 2 aromatic carbocycles. The highest BCUT2D eigenvalue weighted by Gasteiger charge is 2.05. The SMILES string of the molecule is Cc1ccc(CNC(=O)NCc2cnn(-c3ccccc3)n2)cc1. The van der Waals surface area contributed by atoms with Crippen molar-refractivity contribution < 1.29 is 4.79 Å². The largest absolute Gasteiger partial charge is 0.334 e. The number of nitrogens with zero attached hydrogens (tertiary/aromatic N) is 3. The molecular formula is C18H19N5O. The van der Waals surface area contributed by atoms with Crippen molar-refractivity contribution in [3.8, 4) is 5.69 Å². The second-order valence-corrected chi connectivity index (χ2v) is 5.48. The fraction of sp³-hybridized carbons (Fsp3) is 0.167. The van der Waals surface area contributed by atoms with Gasteiger partial charge in [-0.3, -0.25) is 0 Å². The van der Waals surface area contributed by atoms with Crippen LogP contribution < -0.4 is 10.6 Å². The molecule has 0 aliphatic rings. The van der Waals surface area contributed by atoms with E-state index in [1.807, 2.05) is 61.5 Å². The predicted octanol–water partition coefficient (Wildman–Crippen LogP) is 2.58. The first-order valence-corrected chi connectivity index (χ1v) is 7.74. The van der Waals surface area contributed by atoms with E-state index in [9.17, 15) is 4.79 Å². The Kier molecular flexibility index (Phi) is 4.86. The Hall–Kier alpha value is -3.15. The maximum Gasteiger partial charge on any atom is 0.315 e. The quantitative estimate of drug-likeness (QED) is 0.758. The zero-order chi connectivity index (χ0) is 16.8. The summed E-state index contributed by atoms with van der Waals surface area (Å²) in [6.07, 6.45) is 1.65. The van der Waals surface area contributed by atoms with Gasteiger partial charge in [0.05, 0.1) is 18.4 Å². The summed E-state index contributed by atoms with van der Waals surface area (Å²) in [4.78, 5) is 13.4. The van der Waals surface area contributed by atoms with Crippen LogP contribution in [0.5, 0.6) is 0 Å². The molecule has 0 aliphatic carbocycles. The van der Waals surface area contributed by atoms with Gasteiger partial charge in [-0.15, -0.1) is 0 Å². The van der Waals surface area contributed by atoms with Gasteiger partial charge in [0.25, 0.3) is 0 Å². The van der Waals surface area contributed by atoms with E-state index in [0.29, 0.717) is 18.8 Å². The van der Waals surface area contributed by atoms with Crippen molar-refractivity contribution in [3.63, 3.8) is 0 Å². The van der Waals surface area contributed by atoms with Gasteiger partial charge >= 0.3 is 6.03 Å². The number of amides is 2. The monoisotopic (exact) mass is 321 g/mol. The topological polar surface area (TPSA) is 71.8 Å². The molecule has 1 heterocycles. The molecule has 3 rings (SSSR count). The average molecular weight is 321 g/mol. The highest BCUT2D eigenvalue weighted by Crippen LogP contribution is 2.04. The smallest absolute Gasteiger partial charge is 0.315 e. The van der Waals surface area contributed by atoms with E-state index < -0.39 is 0 Å². The van der Waals surface area contributed by atoms with E-state index in [0.717, 1.165) is 11.3 Å². The van der Waals surface area contributed by atoms with Gasteiger partial charge in [-0.25, -0.2) is 4.79 Å². The summed E-state index contributed by atoms with van der Waals surface area (Å²) in [5, 5.41) is 14.1. The maximum atomic E-state index is 11.9. The summed E-state index contributed by atoms with van der Waals surface area (Å²) in [5.41, 5.74) is 3.84. The van der Waals surface area contributed by atoms with E-state index >= 15 is 0 Å². The first-order chi connectivity index (χ1) is 11.7. The zero-order valence-electron chi connectivity index (χ0n) is 13.4. The minimum Gasteiger partial charge on any atom is -0.334 e. The Bertz CT molecular complexity index is 796. The van der Waals surface area contributed by atoms with Crippen LogP contribution in [0.3, 0.4) is 0 Å². The van der Waals surface area contributed by atoms with Gasteiger partial charge in [-0.2, -0.15) is 15.0 Å². The molecule has 0 saturated carbocycles. The van der Waals surface area contributed by atoms with E-state index in [-0.39, 0.29) is 6.03 Å². The van der Waals surface area contributed by atoms with Gasteiger partial charge in [-0.05, 0) is 24.6 Å². The zero-order valence-corrected chi connectivity index (χ0v) is 13.4. The predicted molar refractivity (Wildman–Crippen MR) is 91.6 cm³/mol. The molecule has 0 aliphatic heterocycles. The molecule has 3 aromatic rings. The van der Waals surface area contributed by atoms with Gasteiger partial charge in [-0.1, -0.05) is 48.0 Å². The second kappa shape index (κ2) is 7.41. The van der Waals surface area contributed by atoms with Gasteiger partial charge < -0.3 is 10.6 Å². The molecule has 0 unspecified atom stereocenters. The van der Waals surface area contributed by atoms with Crippen LogP contribution in [0.4, 0.5) is 4.79 Å². The molecule has 6 nitrogen and oxygen atoms in total. The molecule has 1 aromatic heterocycles. The number of carbonyl (C=O) groups is 1. The van der Waals surface area contributed by atoms with Crippen molar-refractivity contribution in [3.05, 3.63) is 77.6 Å². The van der Waals surface area contributed by atoms with Gasteiger partial charge in [0, 0.05) is 6.54 Å². The maximum absolute atomic E-state index is 11.9. The second-order valence-electron chi connectivity index (χ2n) is 5.48. The Morgan fingerprint density at radius 3 is 2.46 bits per heavy atom. The number of nitrogens with one attached hydrogen (secondary N) is 2. The lowest BCUT2D eigenvalue weighted by Crippen LogP contribution is -2.34. The highest BCUT2D eigenvalue weighted by molar-refractivity contribution is 5.73. The molecule has 2 amide bonds. The Balaban J connectivity index is 1.48. The molecule has 0 spiro atoms. The molecule has 0 bridgehead atoms. The Morgan fingerprint density at radius 2 is 1.71 bits per heavy atom. The van der Waals surface area contributed by atoms with Crippen LogP contribution in [0.25, 0.3) is 5.69 Å². The summed E-state index contributed by atoms with van der Waals surface area (Å²) in [6, 6.07) is 17.5. The van der Waals surface area contributed by atoms with Crippen molar-refractivity contribution in [2.24, 2.45) is 0 Å². The van der Waals surface area contributed by atoms with Crippen molar-refractivity contribution >= 4 is 6.03 Å². The average Bonchev–Trinajstić information content (AvgIpc) is 3.09. The molecule has 24 heavy (non-hydrogen) atoms. The fourth-order valence-electron chi connectivity index (χ4n) is 2.18. The van der Waals surface area contributed by atoms with Gasteiger partial charge in [0.1, 0.15) is 5.69 Å². The van der Waals surface area contributed by atoms with E-state index in [1.54, 1.807) is 11.0 Å². The number of aromatic nitrogens is 3. The molecule has 122 valence electrons. The number of hydrogen-bond acceptors (Lipinski definition) is 3. The lowest BCUT2D eigenvalue weighted by atomic mass is 10.1. The molecule has 2 N–H and O–H groups in total. The van der Waals surface area contributed by atoms with Crippen molar-refractivity contribution in [1.29, 1.82) is 0 Å². The third kappa shape index (κ3) is 4.19. The molecule has 6 heteroatoms. The van der Waals surface area contributed by atoms with Gasteiger partial charge in [0.2, 0.25) is 0 Å². The highest BCUT2D eigenvalue weighted by atomic mass is 16.2. The van der Waals surface area contributed by atoms with Crippen LogP contribution >= 0.6 is 0 Å². The number of aryl methyl sites for hydroxylation is 1. The molecule has 0 saturated heterocycles. The lowest BCUT2D eigenvalue weighted by molar-refractivity contribution is 0.240. The van der Waals surface area contributed by atoms with E-state index in [4.69, 9.17) is 0 Å². The molecular weight excluding hydrogens is 302 g/mol. The molecule has 0 radical (unpaired) electrons. The third-order valence-corrected chi connectivity index (χ3v) is 3.53. The van der Waals surface area contributed by atoms with Crippen LogP contribution in [0, 0.1) is 6.92 Å². The number of urea groups is 1. The van der Waals surface area contributed by atoms with Crippen LogP contribution in [0.15, 0.2) is 60.8 Å². The van der Waals surface area contributed by atoms with Crippen molar-refractivity contribution in [2.45, 2.75) is 20.0 Å². The Labute approximate surface area is 140 Å². The number of para-hydroxylation sites is 1. The van der Waals surface area contributed by atoms with Crippen LogP contribution in [-0.2, 0) is 13.1 Å². The minimum absolute atomic E-state index is 0.232. The van der Waals surface area contributed by atoms with Crippen molar-refractivity contribution in [2.75, 3.05) is 0 Å². The van der Waals surface area contributed by atoms with Crippen LogP contribution in [0.2, 0.25) is 0 Å². The van der Waals surface area contributed by atoms with Crippen LogP contribution in [-0.4, -0.2) is 21.0 Å². The van der Waals surface area contributed by atoms with E-state index in [2.05, 4.69) is 20.8 Å². The minimum atomic E-state index is -0.232. The summed E-state index contributed by atoms with van der Waals surface area (Å²) < 4.78 is 0.